The van der Waals surface area contributed by atoms with E-state index in [4.69, 9.17) is 4.74 Å². The first-order valence-corrected chi connectivity index (χ1v) is 8.72. The number of fused-ring (bicyclic) bond motifs is 1. The molecular formula is C19H18N2O3S. The number of nitrogens with zero attached hydrogens (tertiary/aromatic N) is 2. The summed E-state index contributed by atoms with van der Waals surface area (Å²) < 4.78 is 6.34. The third-order valence-corrected chi connectivity index (χ3v) is 4.88. The maximum atomic E-state index is 13.0. The molecule has 2 aromatic carbocycles. The summed E-state index contributed by atoms with van der Waals surface area (Å²) in [5.41, 5.74) is 2.26. The Morgan fingerprint density at radius 2 is 1.84 bits per heavy atom. The maximum Gasteiger partial charge on any atom is 0.318 e. The molecule has 5 nitrogen and oxygen atoms in total. The van der Waals surface area contributed by atoms with Gasteiger partial charge in [-0.15, -0.1) is 0 Å². The lowest BCUT2D eigenvalue weighted by Crippen LogP contribution is -2.24. The van der Waals surface area contributed by atoms with Gasteiger partial charge in [0.1, 0.15) is 5.25 Å². The van der Waals surface area contributed by atoms with Crippen LogP contribution in [0.25, 0.3) is 16.6 Å². The van der Waals surface area contributed by atoms with Crippen molar-refractivity contribution in [3.05, 3.63) is 64.4 Å². The number of benzene rings is 2. The predicted molar refractivity (Wildman–Crippen MR) is 99.4 cm³/mol. The molecule has 0 aliphatic carbocycles. The van der Waals surface area contributed by atoms with E-state index in [2.05, 4.69) is 4.98 Å². The highest BCUT2D eigenvalue weighted by atomic mass is 32.2. The average molecular weight is 354 g/mol. The first-order valence-electron chi connectivity index (χ1n) is 7.84. The van der Waals surface area contributed by atoms with Gasteiger partial charge in [-0.05, 0) is 38.1 Å². The topological polar surface area (TPSA) is 61.2 Å². The minimum Gasteiger partial charge on any atom is -0.468 e. The highest BCUT2D eigenvalue weighted by Crippen LogP contribution is 2.25. The summed E-state index contributed by atoms with van der Waals surface area (Å²) in [7, 11) is 1.35. The predicted octanol–water partition coefficient (Wildman–Crippen LogP) is 3.35. The number of thioether (sulfide) groups is 1. The number of ether oxygens (including phenoxy) is 1. The molecule has 0 bridgehead atoms. The zero-order valence-corrected chi connectivity index (χ0v) is 15.0. The van der Waals surface area contributed by atoms with Crippen LogP contribution in [-0.4, -0.2) is 27.9 Å². The summed E-state index contributed by atoms with van der Waals surface area (Å²) in [5.74, 6) is -0.358. The Hall–Kier alpha value is -2.60. The second-order valence-corrected chi connectivity index (χ2v) is 6.98. The van der Waals surface area contributed by atoms with Crippen molar-refractivity contribution in [1.29, 1.82) is 0 Å². The summed E-state index contributed by atoms with van der Waals surface area (Å²) in [6.45, 7) is 3.72. The molecule has 1 atom stereocenters. The van der Waals surface area contributed by atoms with Gasteiger partial charge in [-0.25, -0.2) is 4.98 Å². The second-order valence-electron chi connectivity index (χ2n) is 5.67. The highest BCUT2D eigenvalue weighted by Gasteiger charge is 2.20. The van der Waals surface area contributed by atoms with Crippen molar-refractivity contribution in [2.24, 2.45) is 0 Å². The Kier molecular flexibility index (Phi) is 4.90. The monoisotopic (exact) mass is 354 g/mol. The van der Waals surface area contributed by atoms with Crippen molar-refractivity contribution < 1.29 is 9.53 Å². The van der Waals surface area contributed by atoms with E-state index < -0.39 is 5.25 Å². The summed E-state index contributed by atoms with van der Waals surface area (Å²) in [6, 6.07) is 14.8. The molecule has 3 rings (SSSR count). The number of aryl methyl sites for hydroxylation is 1. The van der Waals surface area contributed by atoms with E-state index in [1.165, 1.54) is 18.9 Å². The molecule has 0 N–H and O–H groups in total. The highest BCUT2D eigenvalue weighted by molar-refractivity contribution is 8.00. The summed E-state index contributed by atoms with van der Waals surface area (Å²) >= 11 is 1.21. The molecule has 0 aliphatic heterocycles. The molecule has 0 radical (unpaired) electrons. The van der Waals surface area contributed by atoms with Crippen LogP contribution in [-0.2, 0) is 9.53 Å². The van der Waals surface area contributed by atoms with E-state index in [0.29, 0.717) is 21.7 Å². The molecule has 0 unspecified atom stereocenters. The number of carbonyl (C=O) groups excluding carboxylic acids is 1. The third kappa shape index (κ3) is 3.44. The molecule has 6 heteroatoms. The molecule has 0 spiro atoms. The van der Waals surface area contributed by atoms with Gasteiger partial charge in [0.15, 0.2) is 5.16 Å². The Morgan fingerprint density at radius 1 is 1.16 bits per heavy atom. The molecule has 0 saturated carbocycles. The fourth-order valence-corrected chi connectivity index (χ4v) is 3.44. The summed E-state index contributed by atoms with van der Waals surface area (Å²) in [4.78, 5) is 29.5. The molecule has 1 aromatic heterocycles. The van der Waals surface area contributed by atoms with Crippen LogP contribution in [0.3, 0.4) is 0 Å². The number of aromatic nitrogens is 2. The average Bonchev–Trinajstić information content (AvgIpc) is 2.62. The minimum absolute atomic E-state index is 0.158. The van der Waals surface area contributed by atoms with Gasteiger partial charge >= 0.3 is 5.97 Å². The van der Waals surface area contributed by atoms with Crippen molar-refractivity contribution in [3.63, 3.8) is 0 Å². The molecule has 0 aliphatic rings. The van der Waals surface area contributed by atoms with Crippen LogP contribution >= 0.6 is 11.8 Å². The molecule has 0 amide bonds. The number of rotatable bonds is 4. The summed E-state index contributed by atoms with van der Waals surface area (Å²) in [5, 5.41) is 0.526. The molecule has 0 fully saturated rings. The molecule has 3 aromatic rings. The van der Waals surface area contributed by atoms with Crippen molar-refractivity contribution in [2.45, 2.75) is 24.3 Å². The van der Waals surface area contributed by atoms with Gasteiger partial charge in [0.25, 0.3) is 5.56 Å². The molecule has 1 heterocycles. The van der Waals surface area contributed by atoms with Gasteiger partial charge in [0.2, 0.25) is 0 Å². The standard InChI is InChI=1S/C19H18N2O3S/c1-12-8-10-14(11-9-12)21-17(22)15-6-4-5-7-16(15)20-19(21)25-13(2)18(23)24-3/h4-11,13H,1-3H3/t13-/m1/s1. The zero-order chi connectivity index (χ0) is 18.0. The first kappa shape index (κ1) is 17.2. The van der Waals surface area contributed by atoms with Crippen LogP contribution < -0.4 is 5.56 Å². The van der Waals surface area contributed by atoms with E-state index in [0.717, 1.165) is 5.56 Å². The lowest BCUT2D eigenvalue weighted by atomic mass is 10.2. The molecule has 128 valence electrons. The Bertz CT molecular complexity index is 980. The number of carbonyl (C=O) groups is 1. The van der Waals surface area contributed by atoms with E-state index in [-0.39, 0.29) is 11.5 Å². The van der Waals surface area contributed by atoms with Crippen molar-refractivity contribution in [2.75, 3.05) is 7.11 Å². The Balaban J connectivity index is 2.22. The number of para-hydroxylation sites is 1. The fourth-order valence-electron chi connectivity index (χ4n) is 2.49. The quantitative estimate of drug-likeness (QED) is 0.408. The van der Waals surface area contributed by atoms with Crippen LogP contribution in [0.15, 0.2) is 58.5 Å². The van der Waals surface area contributed by atoms with Gasteiger partial charge in [0.05, 0.1) is 23.7 Å². The lowest BCUT2D eigenvalue weighted by Gasteiger charge is -2.15. The Morgan fingerprint density at radius 3 is 2.52 bits per heavy atom. The van der Waals surface area contributed by atoms with E-state index >= 15 is 0 Å². The maximum absolute atomic E-state index is 13.0. The van der Waals surface area contributed by atoms with Crippen LogP contribution in [0.4, 0.5) is 0 Å². The largest absolute Gasteiger partial charge is 0.468 e. The van der Waals surface area contributed by atoms with Gasteiger partial charge in [-0.3, -0.25) is 14.2 Å². The van der Waals surface area contributed by atoms with E-state index in [9.17, 15) is 9.59 Å². The molecule has 25 heavy (non-hydrogen) atoms. The first-order chi connectivity index (χ1) is 12.0. The number of hydrogen-bond acceptors (Lipinski definition) is 5. The van der Waals surface area contributed by atoms with Gasteiger partial charge in [-0.1, -0.05) is 41.6 Å². The second kappa shape index (κ2) is 7.11. The van der Waals surface area contributed by atoms with Gasteiger partial charge in [0, 0.05) is 0 Å². The normalized spacial score (nSPS) is 12.1. The van der Waals surface area contributed by atoms with Gasteiger partial charge in [-0.2, -0.15) is 0 Å². The smallest absolute Gasteiger partial charge is 0.318 e. The summed E-state index contributed by atoms with van der Waals surface area (Å²) in [6.07, 6.45) is 0. The Labute approximate surface area is 149 Å². The molecule has 0 saturated heterocycles. The zero-order valence-electron chi connectivity index (χ0n) is 14.2. The van der Waals surface area contributed by atoms with Crippen LogP contribution in [0, 0.1) is 6.92 Å². The molecular weight excluding hydrogens is 336 g/mol. The SMILES string of the molecule is COC(=O)[C@@H](C)Sc1nc2ccccc2c(=O)n1-c1ccc(C)cc1. The lowest BCUT2D eigenvalue weighted by molar-refractivity contribution is -0.139. The van der Waals surface area contributed by atoms with E-state index in [1.54, 1.807) is 23.6 Å². The van der Waals surface area contributed by atoms with Crippen LogP contribution in [0.1, 0.15) is 12.5 Å². The van der Waals surface area contributed by atoms with Crippen LogP contribution in [0.2, 0.25) is 0 Å². The fraction of sp³-hybridized carbons (Fsp3) is 0.211. The van der Waals surface area contributed by atoms with Crippen molar-refractivity contribution in [3.8, 4) is 5.69 Å². The minimum atomic E-state index is -0.477. The van der Waals surface area contributed by atoms with E-state index in [1.807, 2.05) is 43.3 Å². The van der Waals surface area contributed by atoms with Gasteiger partial charge < -0.3 is 4.74 Å². The number of methoxy groups -OCH3 is 1. The number of esters is 1. The third-order valence-electron chi connectivity index (χ3n) is 3.85. The number of hydrogen-bond donors (Lipinski definition) is 0. The van der Waals surface area contributed by atoms with Crippen molar-refractivity contribution >= 4 is 28.6 Å². The van der Waals surface area contributed by atoms with Crippen LogP contribution in [0.5, 0.6) is 0 Å². The van der Waals surface area contributed by atoms with Crippen molar-refractivity contribution in [1.82, 2.24) is 9.55 Å².